The van der Waals surface area contributed by atoms with Crippen LogP contribution in [0.2, 0.25) is 0 Å². The Kier molecular flexibility index (Phi) is 10.4. The van der Waals surface area contributed by atoms with Crippen LogP contribution in [0.15, 0.2) is 82.7 Å². The van der Waals surface area contributed by atoms with Crippen LogP contribution in [0, 0.1) is 24.0 Å². The molecule has 0 aliphatic rings. The average molecular weight is 664 g/mol. The summed E-state index contributed by atoms with van der Waals surface area (Å²) in [7, 11) is 1.61. The SMILES string of the molecule is CCOc1cc(C=Nn2c(-c3cc(C(C)C)c(OC)cc3C)nc3ccccc3c2=O)cc([N+](=O)[O-])c1OCC(=O)Nc1ccc(C)cc1. The van der Waals surface area contributed by atoms with Gasteiger partial charge >= 0.3 is 5.69 Å². The number of ether oxygens (including phenoxy) is 3. The Labute approximate surface area is 283 Å². The van der Waals surface area contributed by atoms with E-state index in [-0.39, 0.29) is 29.6 Å². The number of fused-ring (bicyclic) bond motifs is 1. The molecule has 1 aromatic heterocycles. The normalized spacial score (nSPS) is 11.2. The molecule has 5 aromatic rings. The second kappa shape index (κ2) is 14.8. The first-order valence-corrected chi connectivity index (χ1v) is 15.7. The molecular weight excluding hydrogens is 626 g/mol. The second-order valence-corrected chi connectivity index (χ2v) is 11.6. The number of nitro benzene ring substituents is 1. The van der Waals surface area contributed by atoms with Crippen LogP contribution in [0.1, 0.15) is 48.9 Å². The van der Waals surface area contributed by atoms with Crippen molar-refractivity contribution in [3.8, 4) is 28.6 Å². The lowest BCUT2D eigenvalue weighted by Crippen LogP contribution is -2.21. The van der Waals surface area contributed by atoms with E-state index in [9.17, 15) is 19.7 Å². The zero-order valence-corrected chi connectivity index (χ0v) is 28.1. The molecule has 0 unspecified atom stereocenters. The average Bonchev–Trinajstić information content (AvgIpc) is 3.08. The summed E-state index contributed by atoms with van der Waals surface area (Å²) in [4.78, 5) is 43.0. The highest BCUT2D eigenvalue weighted by molar-refractivity contribution is 5.92. The molecule has 0 radical (unpaired) electrons. The molecule has 4 aromatic carbocycles. The molecule has 12 heteroatoms. The first kappa shape index (κ1) is 34.3. The van der Waals surface area contributed by atoms with Crippen LogP contribution in [0.25, 0.3) is 22.3 Å². The fourth-order valence-electron chi connectivity index (χ4n) is 5.29. The summed E-state index contributed by atoms with van der Waals surface area (Å²) in [5.41, 5.74) is 3.92. The van der Waals surface area contributed by atoms with Gasteiger partial charge in [-0.1, -0.05) is 43.7 Å². The molecule has 0 aliphatic carbocycles. The molecule has 1 N–H and O–H groups in total. The number of hydrogen-bond donors (Lipinski definition) is 1. The van der Waals surface area contributed by atoms with Gasteiger partial charge in [-0.05, 0) is 80.3 Å². The maximum Gasteiger partial charge on any atom is 0.315 e. The first-order valence-electron chi connectivity index (χ1n) is 15.7. The van der Waals surface area contributed by atoms with Crippen LogP contribution < -0.4 is 25.1 Å². The number of nitrogens with one attached hydrogen (secondary N) is 1. The van der Waals surface area contributed by atoms with Gasteiger partial charge in [0.1, 0.15) is 5.75 Å². The fourth-order valence-corrected chi connectivity index (χ4v) is 5.29. The highest BCUT2D eigenvalue weighted by Crippen LogP contribution is 2.39. The minimum atomic E-state index is -0.629. The van der Waals surface area contributed by atoms with Crippen molar-refractivity contribution in [2.75, 3.05) is 25.6 Å². The molecule has 1 amide bonds. The maximum atomic E-state index is 13.9. The molecule has 5 rings (SSSR count). The Morgan fingerprint density at radius 3 is 2.45 bits per heavy atom. The first-order chi connectivity index (χ1) is 23.5. The number of aryl methyl sites for hydroxylation is 2. The lowest BCUT2D eigenvalue weighted by molar-refractivity contribution is -0.385. The van der Waals surface area contributed by atoms with Gasteiger partial charge in [-0.2, -0.15) is 9.78 Å². The number of hydrogen-bond acceptors (Lipinski definition) is 9. The number of methoxy groups -OCH3 is 1. The summed E-state index contributed by atoms with van der Waals surface area (Å²) in [6.07, 6.45) is 1.33. The Morgan fingerprint density at radius 2 is 1.78 bits per heavy atom. The number of benzene rings is 4. The molecule has 1 heterocycles. The van der Waals surface area contributed by atoms with Crippen molar-refractivity contribution in [2.45, 2.75) is 40.5 Å². The molecule has 0 atom stereocenters. The van der Waals surface area contributed by atoms with Crippen molar-refractivity contribution in [2.24, 2.45) is 5.10 Å². The van der Waals surface area contributed by atoms with Crippen LogP contribution in [0.5, 0.6) is 17.2 Å². The zero-order valence-electron chi connectivity index (χ0n) is 28.1. The maximum absolute atomic E-state index is 13.9. The summed E-state index contributed by atoms with van der Waals surface area (Å²) in [6.45, 7) is 9.30. The summed E-state index contributed by atoms with van der Waals surface area (Å²) in [6, 6.07) is 20.7. The number of amides is 1. The Hall–Kier alpha value is -6.04. The highest BCUT2D eigenvalue weighted by Gasteiger charge is 2.24. The minimum Gasteiger partial charge on any atom is -0.496 e. The molecule has 0 bridgehead atoms. The molecule has 49 heavy (non-hydrogen) atoms. The lowest BCUT2D eigenvalue weighted by atomic mass is 9.96. The number of carbonyl (C=O) groups excluding carboxylic acids is 1. The quantitative estimate of drug-likeness (QED) is 0.0851. The summed E-state index contributed by atoms with van der Waals surface area (Å²) in [5, 5.41) is 19.8. The topological polar surface area (TPSA) is 147 Å². The predicted octanol–water partition coefficient (Wildman–Crippen LogP) is 7.02. The van der Waals surface area contributed by atoms with E-state index in [4.69, 9.17) is 19.2 Å². The standard InChI is InChI=1S/C37H37N5O7/c1-7-48-33-18-25(17-31(42(45)46)35(33)49-21-34(43)39-26-14-12-23(4)13-15-26)20-38-41-36(40-30-11-9-8-10-27(30)37(41)44)29-19-28(22(2)3)32(47-6)16-24(29)5/h8-20,22H,7,21H2,1-6H3,(H,39,43). The van der Waals surface area contributed by atoms with Gasteiger partial charge in [-0.15, -0.1) is 0 Å². The minimum absolute atomic E-state index is 0.0399. The van der Waals surface area contributed by atoms with Gasteiger partial charge < -0.3 is 19.5 Å². The molecule has 0 saturated heterocycles. The molecular formula is C37H37N5O7. The van der Waals surface area contributed by atoms with Crippen molar-refractivity contribution in [3.63, 3.8) is 0 Å². The third-order valence-electron chi connectivity index (χ3n) is 7.75. The largest absolute Gasteiger partial charge is 0.496 e. The van der Waals surface area contributed by atoms with Gasteiger partial charge in [-0.3, -0.25) is 19.7 Å². The van der Waals surface area contributed by atoms with Gasteiger partial charge in [0.25, 0.3) is 11.5 Å². The molecule has 0 fully saturated rings. The van der Waals surface area contributed by atoms with E-state index in [0.717, 1.165) is 22.4 Å². The highest BCUT2D eigenvalue weighted by atomic mass is 16.6. The van der Waals surface area contributed by atoms with Gasteiger partial charge in [0, 0.05) is 22.9 Å². The number of aromatic nitrogens is 2. The van der Waals surface area contributed by atoms with E-state index in [1.54, 1.807) is 50.4 Å². The number of nitro groups is 1. The van der Waals surface area contributed by atoms with Crippen molar-refractivity contribution in [1.29, 1.82) is 0 Å². The van der Waals surface area contributed by atoms with Crippen molar-refractivity contribution in [1.82, 2.24) is 9.66 Å². The van der Waals surface area contributed by atoms with E-state index < -0.39 is 28.7 Å². The van der Waals surface area contributed by atoms with Crippen LogP contribution >= 0.6 is 0 Å². The van der Waals surface area contributed by atoms with Gasteiger partial charge in [0.2, 0.25) is 5.75 Å². The van der Waals surface area contributed by atoms with E-state index >= 15 is 0 Å². The number of carbonyl (C=O) groups is 1. The predicted molar refractivity (Wildman–Crippen MR) is 189 cm³/mol. The van der Waals surface area contributed by atoms with E-state index in [1.807, 2.05) is 52.0 Å². The van der Waals surface area contributed by atoms with Crippen LogP contribution in [0.4, 0.5) is 11.4 Å². The van der Waals surface area contributed by atoms with Crippen LogP contribution in [-0.4, -0.2) is 47.0 Å². The molecule has 0 spiro atoms. The van der Waals surface area contributed by atoms with E-state index in [2.05, 4.69) is 10.4 Å². The van der Waals surface area contributed by atoms with Gasteiger partial charge in [0.15, 0.2) is 18.2 Å². The zero-order chi connectivity index (χ0) is 35.2. The Morgan fingerprint density at radius 1 is 1.04 bits per heavy atom. The lowest BCUT2D eigenvalue weighted by Gasteiger charge is -2.17. The number of anilines is 1. The third-order valence-corrected chi connectivity index (χ3v) is 7.75. The molecule has 0 saturated carbocycles. The second-order valence-electron chi connectivity index (χ2n) is 11.6. The number of rotatable bonds is 12. The van der Waals surface area contributed by atoms with E-state index in [1.165, 1.54) is 23.0 Å². The van der Waals surface area contributed by atoms with Gasteiger partial charge in [-0.25, -0.2) is 4.98 Å². The number of nitrogens with zero attached hydrogens (tertiary/aromatic N) is 4. The smallest absolute Gasteiger partial charge is 0.315 e. The van der Waals surface area contributed by atoms with Crippen molar-refractivity contribution >= 4 is 34.4 Å². The summed E-state index contributed by atoms with van der Waals surface area (Å²) >= 11 is 0. The monoisotopic (exact) mass is 663 g/mol. The Balaban J connectivity index is 1.57. The Bertz CT molecular complexity index is 2120. The molecule has 252 valence electrons. The third kappa shape index (κ3) is 7.59. The fraction of sp³-hybridized carbons (Fsp3) is 0.243. The van der Waals surface area contributed by atoms with Crippen molar-refractivity contribution < 1.29 is 23.9 Å². The van der Waals surface area contributed by atoms with Crippen LogP contribution in [0.3, 0.4) is 0 Å². The number of para-hydroxylation sites is 1. The van der Waals surface area contributed by atoms with Gasteiger partial charge in [0.05, 0.1) is 35.8 Å². The van der Waals surface area contributed by atoms with Crippen LogP contribution in [-0.2, 0) is 4.79 Å². The molecule has 0 aliphatic heterocycles. The molecule has 12 nitrogen and oxygen atoms in total. The summed E-state index contributed by atoms with van der Waals surface area (Å²) < 4.78 is 18.2. The summed E-state index contributed by atoms with van der Waals surface area (Å²) in [5.74, 6) is 0.462. The van der Waals surface area contributed by atoms with E-state index in [0.29, 0.717) is 28.0 Å². The van der Waals surface area contributed by atoms with Crippen molar-refractivity contribution in [3.05, 3.63) is 116 Å².